The molecular weight excluding hydrogens is 124 g/mol. The van der Waals surface area contributed by atoms with Gasteiger partial charge in [-0.25, -0.2) is 0 Å². The van der Waals surface area contributed by atoms with E-state index in [1.54, 1.807) is 6.08 Å². The van der Waals surface area contributed by atoms with Crippen molar-refractivity contribution in [2.24, 2.45) is 0 Å². The van der Waals surface area contributed by atoms with Crippen LogP contribution in [-0.4, -0.2) is 5.78 Å². The first-order chi connectivity index (χ1) is 4.66. The average Bonchev–Trinajstić information content (AvgIpc) is 1.85. The third-order valence-electron chi connectivity index (χ3n) is 0.913. The van der Waals surface area contributed by atoms with E-state index in [1.807, 2.05) is 19.1 Å². The Hall–Kier alpha value is -1.11. The minimum absolute atomic E-state index is 0.0469. The highest BCUT2D eigenvalue weighted by Gasteiger charge is 1.81. The maximum absolute atomic E-state index is 10.4. The Bertz CT molecular complexity index is 185. The number of hydrogen-bond acceptors (Lipinski definition) is 1. The minimum atomic E-state index is 0.0469. The summed E-state index contributed by atoms with van der Waals surface area (Å²) in [6.45, 7) is 7.11. The van der Waals surface area contributed by atoms with Gasteiger partial charge in [-0.3, -0.25) is 4.79 Å². The van der Waals surface area contributed by atoms with Crippen molar-refractivity contribution in [3.8, 4) is 0 Å². The first-order valence-electron chi connectivity index (χ1n) is 3.17. The summed E-state index contributed by atoms with van der Waals surface area (Å²) < 4.78 is 0. The van der Waals surface area contributed by atoms with Gasteiger partial charge in [0.1, 0.15) is 0 Å². The fourth-order valence-electron chi connectivity index (χ4n) is 0.494. The second-order valence-corrected chi connectivity index (χ2v) is 2.02. The Morgan fingerprint density at radius 2 is 1.90 bits per heavy atom. The number of ketones is 1. The van der Waals surface area contributed by atoms with E-state index in [4.69, 9.17) is 0 Å². The van der Waals surface area contributed by atoms with Crippen molar-refractivity contribution in [3.63, 3.8) is 0 Å². The Labute approximate surface area is 61.8 Å². The topological polar surface area (TPSA) is 17.1 Å². The van der Waals surface area contributed by atoms with Crippen LogP contribution in [0, 0.1) is 0 Å². The molecule has 0 bridgehead atoms. The zero-order valence-corrected chi connectivity index (χ0v) is 6.42. The van der Waals surface area contributed by atoms with Crippen LogP contribution >= 0.6 is 0 Å². The maximum Gasteiger partial charge on any atom is 0.152 e. The first kappa shape index (κ1) is 8.89. The summed E-state index contributed by atoms with van der Waals surface area (Å²) in [6.07, 6.45) is 6.93. The molecule has 0 atom stereocenters. The summed E-state index contributed by atoms with van der Waals surface area (Å²) in [5.74, 6) is 0.0469. The van der Waals surface area contributed by atoms with E-state index in [9.17, 15) is 4.79 Å². The molecule has 10 heavy (non-hydrogen) atoms. The molecule has 0 fully saturated rings. The standard InChI is InChI=1S/C9H12O/c1-4-5-8(2)6-7-9(3)10/h4-7H,2H2,1,3H3. The van der Waals surface area contributed by atoms with E-state index in [1.165, 1.54) is 13.0 Å². The summed E-state index contributed by atoms with van der Waals surface area (Å²) in [5.41, 5.74) is 0.845. The normalized spacial score (nSPS) is 11.0. The highest BCUT2D eigenvalue weighted by molar-refractivity contribution is 5.87. The number of allylic oxidation sites excluding steroid dienone is 5. The molecule has 0 saturated heterocycles. The molecule has 0 radical (unpaired) electrons. The van der Waals surface area contributed by atoms with E-state index in [0.717, 1.165) is 5.57 Å². The summed E-state index contributed by atoms with van der Waals surface area (Å²) in [4.78, 5) is 10.4. The lowest BCUT2D eigenvalue weighted by Crippen LogP contribution is -1.79. The third kappa shape index (κ3) is 5.04. The molecule has 0 aliphatic heterocycles. The predicted octanol–water partition coefficient (Wildman–Crippen LogP) is 2.26. The average molecular weight is 136 g/mol. The second-order valence-electron chi connectivity index (χ2n) is 2.02. The Morgan fingerprint density at radius 1 is 1.30 bits per heavy atom. The lowest BCUT2D eigenvalue weighted by molar-refractivity contribution is -0.112. The first-order valence-corrected chi connectivity index (χ1v) is 3.17. The molecule has 0 saturated carbocycles. The van der Waals surface area contributed by atoms with E-state index >= 15 is 0 Å². The van der Waals surface area contributed by atoms with Gasteiger partial charge in [-0.15, -0.1) is 0 Å². The molecule has 1 heteroatoms. The molecule has 0 amide bonds. The van der Waals surface area contributed by atoms with Crippen LogP contribution in [0.4, 0.5) is 0 Å². The Morgan fingerprint density at radius 3 is 2.30 bits per heavy atom. The number of hydrogen-bond donors (Lipinski definition) is 0. The smallest absolute Gasteiger partial charge is 0.152 e. The lowest BCUT2D eigenvalue weighted by Gasteiger charge is -1.84. The van der Waals surface area contributed by atoms with Crippen molar-refractivity contribution >= 4 is 5.78 Å². The van der Waals surface area contributed by atoms with Crippen LogP contribution in [0.1, 0.15) is 13.8 Å². The van der Waals surface area contributed by atoms with Crippen molar-refractivity contribution < 1.29 is 4.79 Å². The van der Waals surface area contributed by atoms with Gasteiger partial charge in [-0.1, -0.05) is 24.8 Å². The molecule has 0 spiro atoms. The maximum atomic E-state index is 10.4. The molecule has 0 N–H and O–H groups in total. The number of rotatable bonds is 3. The van der Waals surface area contributed by atoms with Crippen LogP contribution in [0.2, 0.25) is 0 Å². The molecule has 0 heterocycles. The highest BCUT2D eigenvalue weighted by Crippen LogP contribution is 1.94. The van der Waals surface area contributed by atoms with Crippen molar-refractivity contribution in [1.29, 1.82) is 0 Å². The van der Waals surface area contributed by atoms with Crippen LogP contribution in [0.15, 0.2) is 36.5 Å². The van der Waals surface area contributed by atoms with Crippen LogP contribution < -0.4 is 0 Å². The number of carbonyl (C=O) groups is 1. The van der Waals surface area contributed by atoms with Gasteiger partial charge in [0.05, 0.1) is 0 Å². The fraction of sp³-hybridized carbons (Fsp3) is 0.222. The van der Waals surface area contributed by atoms with E-state index < -0.39 is 0 Å². The zero-order chi connectivity index (χ0) is 7.98. The largest absolute Gasteiger partial charge is 0.295 e. The van der Waals surface area contributed by atoms with Crippen molar-refractivity contribution in [1.82, 2.24) is 0 Å². The molecule has 0 aliphatic rings. The van der Waals surface area contributed by atoms with Crippen LogP contribution in [0.25, 0.3) is 0 Å². The van der Waals surface area contributed by atoms with Gasteiger partial charge in [0.2, 0.25) is 0 Å². The second kappa shape index (κ2) is 4.74. The van der Waals surface area contributed by atoms with Gasteiger partial charge >= 0.3 is 0 Å². The molecule has 0 aromatic heterocycles. The van der Waals surface area contributed by atoms with E-state index in [0.29, 0.717) is 0 Å². The summed E-state index contributed by atoms with van der Waals surface area (Å²) in [7, 11) is 0. The molecular formula is C9H12O. The van der Waals surface area contributed by atoms with Gasteiger partial charge in [0, 0.05) is 0 Å². The van der Waals surface area contributed by atoms with E-state index in [2.05, 4.69) is 6.58 Å². The van der Waals surface area contributed by atoms with Crippen molar-refractivity contribution in [2.75, 3.05) is 0 Å². The van der Waals surface area contributed by atoms with Crippen LogP contribution in [0.5, 0.6) is 0 Å². The van der Waals surface area contributed by atoms with Crippen LogP contribution in [0.3, 0.4) is 0 Å². The van der Waals surface area contributed by atoms with Gasteiger partial charge in [-0.2, -0.15) is 0 Å². The minimum Gasteiger partial charge on any atom is -0.295 e. The van der Waals surface area contributed by atoms with Gasteiger partial charge in [0.25, 0.3) is 0 Å². The molecule has 0 rings (SSSR count). The van der Waals surface area contributed by atoms with E-state index in [-0.39, 0.29) is 5.78 Å². The summed E-state index contributed by atoms with van der Waals surface area (Å²) in [6, 6.07) is 0. The lowest BCUT2D eigenvalue weighted by atomic mass is 10.2. The van der Waals surface area contributed by atoms with Crippen molar-refractivity contribution in [3.05, 3.63) is 36.5 Å². The molecule has 0 unspecified atom stereocenters. The highest BCUT2D eigenvalue weighted by atomic mass is 16.1. The number of carbonyl (C=O) groups excluding carboxylic acids is 1. The Balaban J connectivity index is 3.90. The SMILES string of the molecule is C=C(C=CC)C=CC(C)=O. The summed E-state index contributed by atoms with van der Waals surface area (Å²) in [5, 5.41) is 0. The van der Waals surface area contributed by atoms with Crippen LogP contribution in [-0.2, 0) is 4.79 Å². The molecule has 1 nitrogen and oxygen atoms in total. The summed E-state index contributed by atoms with van der Waals surface area (Å²) >= 11 is 0. The quantitative estimate of drug-likeness (QED) is 0.429. The van der Waals surface area contributed by atoms with Crippen molar-refractivity contribution in [2.45, 2.75) is 13.8 Å². The predicted molar refractivity (Wildman–Crippen MR) is 43.8 cm³/mol. The van der Waals surface area contributed by atoms with Gasteiger partial charge < -0.3 is 0 Å². The molecule has 0 aliphatic carbocycles. The molecule has 54 valence electrons. The van der Waals surface area contributed by atoms with Gasteiger partial charge in [-0.05, 0) is 25.5 Å². The fourth-order valence-corrected chi connectivity index (χ4v) is 0.494. The van der Waals surface area contributed by atoms with Gasteiger partial charge in [0.15, 0.2) is 5.78 Å². The third-order valence-corrected chi connectivity index (χ3v) is 0.913. The monoisotopic (exact) mass is 136 g/mol. The molecule has 0 aromatic rings. The zero-order valence-electron chi connectivity index (χ0n) is 6.42. The molecule has 0 aromatic carbocycles. The Kier molecular flexibility index (Phi) is 4.21.